The molecule has 4 aromatic rings. The first-order chi connectivity index (χ1) is 25.5. The number of carbonyl (C=O) groups is 2. The zero-order valence-corrected chi connectivity index (χ0v) is 30.2. The van der Waals surface area contributed by atoms with Crippen LogP contribution in [0.5, 0.6) is 23.0 Å². The molecule has 16 heteroatoms. The minimum absolute atomic E-state index is 0.0196. The molecule has 0 heterocycles. The quantitative estimate of drug-likeness (QED) is 0.0294. The molecular formula is C38H41N3O12S. The Balaban J connectivity index is 1.64. The fourth-order valence-electron chi connectivity index (χ4n) is 5.42. The number of nitrogens with one attached hydrogen (secondary N) is 1. The number of non-ortho nitro benzene ring substituents is 1. The summed E-state index contributed by atoms with van der Waals surface area (Å²) in [5.74, 6) is -3.77. The number of aliphatic hydroxyl groups is 1. The number of ether oxygens (including phenoxy) is 1. The van der Waals surface area contributed by atoms with Crippen molar-refractivity contribution in [2.45, 2.75) is 49.8 Å². The zero-order valence-electron chi connectivity index (χ0n) is 29.3. The predicted molar refractivity (Wildman–Crippen MR) is 197 cm³/mol. The average molecular weight is 764 g/mol. The van der Waals surface area contributed by atoms with Crippen LogP contribution in [0.4, 0.5) is 5.69 Å². The van der Waals surface area contributed by atoms with Gasteiger partial charge in [0.05, 0.1) is 22.0 Å². The number of phenolic OH excluding ortho intramolecular Hbond substituents is 4. The van der Waals surface area contributed by atoms with E-state index in [1.165, 1.54) is 42.5 Å². The van der Waals surface area contributed by atoms with Crippen LogP contribution in [0.2, 0.25) is 0 Å². The Morgan fingerprint density at radius 2 is 1.46 bits per heavy atom. The number of benzene rings is 4. The van der Waals surface area contributed by atoms with Gasteiger partial charge >= 0.3 is 5.97 Å². The van der Waals surface area contributed by atoms with Gasteiger partial charge in [-0.1, -0.05) is 56.3 Å². The number of nitrogens with zero attached hydrogens (tertiary/aromatic N) is 2. The Labute approximate surface area is 311 Å². The standard InChI is InChI=1S/C38H41N3O12S/c1-24(2)22-40(54(51,52)29-13-11-28(12-14-29)41(49)50)23-35(46)30(18-25-6-4-3-5-7-25)39-38(48)36(21-27-9-16-32(43)34(45)20-27)53-37(47)17-10-26-8-15-31(42)33(44)19-26/h3-17,19-20,24,30,35-36,42-46H,18,21-23H2,1-2H3,(H,39,48)/b17-10+/t30-,35+,36+/m0/s1. The van der Waals surface area contributed by atoms with Crippen molar-refractivity contribution in [1.82, 2.24) is 9.62 Å². The van der Waals surface area contributed by atoms with Gasteiger partial charge in [-0.05, 0) is 71.5 Å². The van der Waals surface area contributed by atoms with Gasteiger partial charge in [-0.3, -0.25) is 14.9 Å². The summed E-state index contributed by atoms with van der Waals surface area (Å²) >= 11 is 0. The van der Waals surface area contributed by atoms with Gasteiger partial charge in [0.1, 0.15) is 0 Å². The average Bonchev–Trinajstić information content (AvgIpc) is 3.13. The number of phenols is 4. The molecule has 286 valence electrons. The first kappa shape index (κ1) is 40.8. The van der Waals surface area contributed by atoms with E-state index in [9.17, 15) is 53.7 Å². The Hall–Kier alpha value is -5.97. The van der Waals surface area contributed by atoms with E-state index in [2.05, 4.69) is 5.32 Å². The number of nitro benzene ring substituents is 1. The molecule has 0 radical (unpaired) electrons. The molecule has 15 nitrogen and oxygen atoms in total. The van der Waals surface area contributed by atoms with Crippen LogP contribution >= 0.6 is 0 Å². The van der Waals surface area contributed by atoms with E-state index in [0.717, 1.165) is 34.6 Å². The number of sulfonamides is 1. The summed E-state index contributed by atoms with van der Waals surface area (Å²) in [4.78, 5) is 37.3. The molecule has 0 aliphatic carbocycles. The number of aliphatic hydroxyl groups excluding tert-OH is 1. The van der Waals surface area contributed by atoms with Crippen LogP contribution in [0.25, 0.3) is 6.08 Å². The van der Waals surface area contributed by atoms with E-state index in [1.807, 2.05) is 0 Å². The summed E-state index contributed by atoms with van der Waals surface area (Å²) in [5, 5.41) is 64.8. The maximum Gasteiger partial charge on any atom is 0.331 e. The SMILES string of the molecule is CC(C)CN(C[C@@H](O)[C@H](Cc1ccccc1)NC(=O)[C@@H](Cc1ccc(O)c(O)c1)OC(=O)/C=C/c1ccc(O)c(O)c1)S(=O)(=O)c1ccc([N+](=O)[O-])cc1. The maximum atomic E-state index is 14.0. The van der Waals surface area contributed by atoms with Crippen molar-refractivity contribution in [3.63, 3.8) is 0 Å². The summed E-state index contributed by atoms with van der Waals surface area (Å²) in [5.41, 5.74) is 0.992. The smallest absolute Gasteiger partial charge is 0.331 e. The number of hydrogen-bond acceptors (Lipinski definition) is 12. The molecule has 0 aliphatic rings. The van der Waals surface area contributed by atoms with Gasteiger partial charge in [0.2, 0.25) is 10.0 Å². The number of hydrogen-bond donors (Lipinski definition) is 6. The Kier molecular flexibility index (Phi) is 13.7. The molecule has 0 aliphatic heterocycles. The number of aromatic hydroxyl groups is 4. The lowest BCUT2D eigenvalue weighted by atomic mass is 9.99. The molecule has 0 saturated heterocycles. The van der Waals surface area contributed by atoms with Gasteiger partial charge in [-0.15, -0.1) is 0 Å². The van der Waals surface area contributed by atoms with Crippen molar-refractivity contribution >= 4 is 33.7 Å². The highest BCUT2D eigenvalue weighted by Crippen LogP contribution is 2.27. The largest absolute Gasteiger partial charge is 0.504 e. The van der Waals surface area contributed by atoms with Crippen LogP contribution in [0.1, 0.15) is 30.5 Å². The normalized spacial score (nSPS) is 13.4. The van der Waals surface area contributed by atoms with E-state index in [1.54, 1.807) is 44.2 Å². The van der Waals surface area contributed by atoms with Gasteiger partial charge in [0, 0.05) is 37.7 Å². The highest BCUT2D eigenvalue weighted by molar-refractivity contribution is 7.89. The third-order valence-corrected chi connectivity index (χ3v) is 10.0. The number of rotatable bonds is 17. The van der Waals surface area contributed by atoms with Gasteiger partial charge in [-0.2, -0.15) is 4.31 Å². The van der Waals surface area contributed by atoms with Crippen molar-refractivity contribution < 1.29 is 53.2 Å². The molecule has 0 aromatic heterocycles. The molecule has 4 aromatic carbocycles. The molecule has 4 rings (SSSR count). The number of amides is 1. The molecule has 6 N–H and O–H groups in total. The summed E-state index contributed by atoms with van der Waals surface area (Å²) in [6, 6.07) is 19.5. The van der Waals surface area contributed by atoms with Crippen molar-refractivity contribution in [2.75, 3.05) is 13.1 Å². The molecule has 0 saturated carbocycles. The second-order valence-electron chi connectivity index (χ2n) is 12.9. The Morgan fingerprint density at radius 3 is 2.06 bits per heavy atom. The van der Waals surface area contributed by atoms with Crippen LogP contribution in [0.15, 0.2) is 102 Å². The molecule has 1 amide bonds. The van der Waals surface area contributed by atoms with Crippen LogP contribution in [-0.2, 0) is 37.2 Å². The van der Waals surface area contributed by atoms with E-state index in [4.69, 9.17) is 4.74 Å². The summed E-state index contributed by atoms with van der Waals surface area (Å²) in [7, 11) is -4.30. The third-order valence-electron chi connectivity index (χ3n) is 8.16. The summed E-state index contributed by atoms with van der Waals surface area (Å²) in [6.45, 7) is 3.01. The topological polar surface area (TPSA) is 237 Å². The molecule has 0 fully saturated rings. The lowest BCUT2D eigenvalue weighted by molar-refractivity contribution is -0.384. The van der Waals surface area contributed by atoms with Crippen molar-refractivity contribution in [3.8, 4) is 23.0 Å². The highest BCUT2D eigenvalue weighted by atomic mass is 32.2. The zero-order chi connectivity index (χ0) is 39.6. The van der Waals surface area contributed by atoms with Crippen molar-refractivity contribution in [2.24, 2.45) is 5.92 Å². The lowest BCUT2D eigenvalue weighted by Gasteiger charge is -2.31. The minimum Gasteiger partial charge on any atom is -0.504 e. The second-order valence-corrected chi connectivity index (χ2v) is 14.8. The number of nitro groups is 1. The van der Waals surface area contributed by atoms with Crippen molar-refractivity contribution in [1.29, 1.82) is 0 Å². The fourth-order valence-corrected chi connectivity index (χ4v) is 7.04. The van der Waals surface area contributed by atoms with Crippen LogP contribution in [-0.4, -0.2) is 86.4 Å². The second kappa shape index (κ2) is 18.2. The summed E-state index contributed by atoms with van der Waals surface area (Å²) in [6.07, 6.45) is -1.10. The molecule has 0 spiro atoms. The van der Waals surface area contributed by atoms with E-state index < -0.39 is 68.9 Å². The highest BCUT2D eigenvalue weighted by Gasteiger charge is 2.33. The van der Waals surface area contributed by atoms with Crippen molar-refractivity contribution in [3.05, 3.63) is 124 Å². The third kappa shape index (κ3) is 11.3. The number of esters is 1. The van der Waals surface area contributed by atoms with Crippen LogP contribution in [0, 0.1) is 16.0 Å². The molecular weight excluding hydrogens is 722 g/mol. The minimum atomic E-state index is -4.30. The van der Waals surface area contributed by atoms with E-state index >= 15 is 0 Å². The maximum absolute atomic E-state index is 14.0. The van der Waals surface area contributed by atoms with Crippen LogP contribution < -0.4 is 5.32 Å². The molecule has 0 bridgehead atoms. The van der Waals surface area contributed by atoms with Gasteiger partial charge in [0.15, 0.2) is 29.1 Å². The summed E-state index contributed by atoms with van der Waals surface area (Å²) < 4.78 is 34.2. The predicted octanol–water partition coefficient (Wildman–Crippen LogP) is 4.02. The monoisotopic (exact) mass is 763 g/mol. The molecule has 0 unspecified atom stereocenters. The first-order valence-electron chi connectivity index (χ1n) is 16.7. The lowest BCUT2D eigenvalue weighted by Crippen LogP contribution is -2.53. The van der Waals surface area contributed by atoms with Gasteiger partial charge in [-0.25, -0.2) is 13.2 Å². The van der Waals surface area contributed by atoms with E-state index in [0.29, 0.717) is 16.7 Å². The van der Waals surface area contributed by atoms with E-state index in [-0.39, 0.29) is 41.6 Å². The Morgan fingerprint density at radius 1 is 0.833 bits per heavy atom. The molecule has 54 heavy (non-hydrogen) atoms. The first-order valence-corrected chi connectivity index (χ1v) is 18.2. The fraction of sp³-hybridized carbons (Fsp3) is 0.263. The van der Waals surface area contributed by atoms with Gasteiger partial charge in [0.25, 0.3) is 11.6 Å². The van der Waals surface area contributed by atoms with Gasteiger partial charge < -0.3 is 35.6 Å². The Bertz CT molecular complexity index is 2070. The van der Waals surface area contributed by atoms with Crippen LogP contribution in [0.3, 0.4) is 0 Å². The number of carbonyl (C=O) groups excluding carboxylic acids is 2. The molecule has 3 atom stereocenters.